The smallest absolute Gasteiger partial charge is 0.446 e. The highest BCUT2D eigenvalue weighted by atomic mass is 32.2. The lowest BCUT2D eigenvalue weighted by atomic mass is 10.1. The molecular weight excluding hydrogens is 315 g/mol. The summed E-state index contributed by atoms with van der Waals surface area (Å²) in [4.78, 5) is -0.112. The molecule has 1 aromatic carbocycles. The number of benzene rings is 1. The summed E-state index contributed by atoms with van der Waals surface area (Å²) in [5.41, 5.74) is -3.77. The minimum Gasteiger partial charge on any atom is -0.504 e. The second-order valence-electron chi connectivity index (χ2n) is 5.65. The van der Waals surface area contributed by atoms with Crippen molar-refractivity contribution in [3.63, 3.8) is 0 Å². The Morgan fingerprint density at radius 3 is 2.64 bits per heavy atom. The molecule has 0 aliphatic heterocycles. The van der Waals surface area contributed by atoms with Gasteiger partial charge in [0.2, 0.25) is 0 Å². The van der Waals surface area contributed by atoms with Crippen molar-refractivity contribution >= 4 is 11.8 Å². The van der Waals surface area contributed by atoms with E-state index < -0.39 is 5.51 Å². The molecule has 124 valence electrons. The number of rotatable bonds is 7. The second-order valence-corrected chi connectivity index (χ2v) is 6.76. The fourth-order valence-electron chi connectivity index (χ4n) is 2.28. The lowest BCUT2D eigenvalue weighted by Crippen LogP contribution is -2.29. The van der Waals surface area contributed by atoms with E-state index >= 15 is 0 Å². The van der Waals surface area contributed by atoms with Crippen molar-refractivity contribution in [3.8, 4) is 11.5 Å². The summed E-state index contributed by atoms with van der Waals surface area (Å²) in [6.07, 6.45) is 3.04. The van der Waals surface area contributed by atoms with E-state index in [1.807, 2.05) is 6.92 Å². The number of nitrogens with one attached hydrogen (secondary N) is 1. The minimum atomic E-state index is -4.42. The van der Waals surface area contributed by atoms with Crippen LogP contribution >= 0.6 is 11.8 Å². The van der Waals surface area contributed by atoms with Gasteiger partial charge in [-0.2, -0.15) is 13.2 Å². The molecule has 0 amide bonds. The summed E-state index contributed by atoms with van der Waals surface area (Å²) in [6.45, 7) is 2.92. The predicted octanol–water partition coefficient (Wildman–Crippen LogP) is 3.94. The SMILES string of the molecule is COc1c(O)cc(CC(C)NCC2CC2)cc1SC(F)(F)F. The van der Waals surface area contributed by atoms with Crippen molar-refractivity contribution in [2.24, 2.45) is 5.92 Å². The predicted molar refractivity (Wildman–Crippen MR) is 80.5 cm³/mol. The maximum Gasteiger partial charge on any atom is 0.446 e. The van der Waals surface area contributed by atoms with E-state index in [4.69, 9.17) is 4.74 Å². The number of halogens is 3. The Morgan fingerprint density at radius 1 is 1.41 bits per heavy atom. The summed E-state index contributed by atoms with van der Waals surface area (Å²) in [6, 6.07) is 3.04. The number of phenols is 1. The summed E-state index contributed by atoms with van der Waals surface area (Å²) >= 11 is -0.270. The van der Waals surface area contributed by atoms with E-state index in [0.29, 0.717) is 12.0 Å². The van der Waals surface area contributed by atoms with Crippen molar-refractivity contribution in [3.05, 3.63) is 17.7 Å². The van der Waals surface area contributed by atoms with Crippen LogP contribution in [-0.4, -0.2) is 30.3 Å². The monoisotopic (exact) mass is 335 g/mol. The van der Waals surface area contributed by atoms with Crippen molar-refractivity contribution < 1.29 is 23.0 Å². The molecule has 0 radical (unpaired) electrons. The van der Waals surface area contributed by atoms with Crippen LogP contribution in [0.1, 0.15) is 25.3 Å². The molecule has 2 rings (SSSR count). The number of methoxy groups -OCH3 is 1. The van der Waals surface area contributed by atoms with Crippen molar-refractivity contribution in [2.45, 2.75) is 42.6 Å². The number of hydrogen-bond acceptors (Lipinski definition) is 4. The fourth-order valence-corrected chi connectivity index (χ4v) is 3.02. The Morgan fingerprint density at radius 2 is 2.09 bits per heavy atom. The number of phenolic OH excluding ortho intramolecular Hbond substituents is 1. The zero-order chi connectivity index (χ0) is 16.3. The Bertz CT molecular complexity index is 518. The Hall–Kier alpha value is -1.08. The Kier molecular flexibility index (Phi) is 5.50. The molecule has 0 aromatic heterocycles. The van der Waals surface area contributed by atoms with Crippen molar-refractivity contribution in [1.82, 2.24) is 5.32 Å². The summed E-state index contributed by atoms with van der Waals surface area (Å²) < 4.78 is 42.7. The van der Waals surface area contributed by atoms with Gasteiger partial charge >= 0.3 is 5.51 Å². The summed E-state index contributed by atoms with van der Waals surface area (Å²) in [5.74, 6) is 0.342. The van der Waals surface area contributed by atoms with Gasteiger partial charge in [0.1, 0.15) is 0 Å². The van der Waals surface area contributed by atoms with Crippen molar-refractivity contribution in [2.75, 3.05) is 13.7 Å². The van der Waals surface area contributed by atoms with Crippen LogP contribution in [0.3, 0.4) is 0 Å². The lowest BCUT2D eigenvalue weighted by Gasteiger charge is -2.17. The van der Waals surface area contributed by atoms with Gasteiger partial charge in [-0.3, -0.25) is 0 Å². The highest BCUT2D eigenvalue weighted by Gasteiger charge is 2.32. The van der Waals surface area contributed by atoms with E-state index in [9.17, 15) is 18.3 Å². The van der Waals surface area contributed by atoms with E-state index in [2.05, 4.69) is 5.32 Å². The van der Waals surface area contributed by atoms with Crippen LogP contribution in [0.25, 0.3) is 0 Å². The van der Waals surface area contributed by atoms with E-state index in [-0.39, 0.29) is 34.2 Å². The molecule has 2 N–H and O–H groups in total. The molecule has 1 atom stereocenters. The first-order valence-corrected chi connectivity index (χ1v) is 7.99. The van der Waals surface area contributed by atoms with E-state index in [0.717, 1.165) is 12.5 Å². The molecule has 0 heterocycles. The highest BCUT2D eigenvalue weighted by Crippen LogP contribution is 2.45. The largest absolute Gasteiger partial charge is 0.504 e. The van der Waals surface area contributed by atoms with E-state index in [1.54, 1.807) is 0 Å². The quantitative estimate of drug-likeness (QED) is 0.741. The first-order valence-electron chi connectivity index (χ1n) is 7.17. The number of alkyl halides is 3. The molecule has 1 unspecified atom stereocenters. The third-order valence-corrected chi connectivity index (χ3v) is 4.27. The zero-order valence-corrected chi connectivity index (χ0v) is 13.4. The molecule has 0 saturated heterocycles. The molecule has 1 aromatic rings. The second kappa shape index (κ2) is 7.00. The molecule has 7 heteroatoms. The van der Waals surface area contributed by atoms with Crippen LogP contribution in [0.4, 0.5) is 13.2 Å². The highest BCUT2D eigenvalue weighted by molar-refractivity contribution is 8.00. The maximum atomic E-state index is 12.6. The Labute approximate surface area is 132 Å². The molecule has 0 bridgehead atoms. The first kappa shape index (κ1) is 17.3. The van der Waals surface area contributed by atoms with Crippen LogP contribution in [0, 0.1) is 5.92 Å². The van der Waals surface area contributed by atoms with Gasteiger partial charge in [0, 0.05) is 6.04 Å². The standard InChI is InChI=1S/C15H20F3NO2S/c1-9(19-8-10-3-4-10)5-11-6-12(20)14(21-2)13(7-11)22-15(16,17)18/h6-7,9-10,19-20H,3-5,8H2,1-2H3. The van der Waals surface area contributed by atoms with Crippen LogP contribution in [-0.2, 0) is 6.42 Å². The summed E-state index contributed by atoms with van der Waals surface area (Å²) in [7, 11) is 1.25. The number of hydrogen-bond donors (Lipinski definition) is 2. The molecule has 1 aliphatic rings. The molecule has 1 fully saturated rings. The molecule has 1 aliphatic carbocycles. The fraction of sp³-hybridized carbons (Fsp3) is 0.600. The average Bonchev–Trinajstić information content (AvgIpc) is 3.18. The molecule has 3 nitrogen and oxygen atoms in total. The topological polar surface area (TPSA) is 41.5 Å². The van der Waals surface area contributed by atoms with Crippen molar-refractivity contribution in [1.29, 1.82) is 0 Å². The third-order valence-electron chi connectivity index (χ3n) is 3.52. The van der Waals surface area contributed by atoms with Gasteiger partial charge in [0.25, 0.3) is 0 Å². The van der Waals surface area contributed by atoms with Gasteiger partial charge in [-0.25, -0.2) is 0 Å². The van der Waals surface area contributed by atoms with Gasteiger partial charge in [0.05, 0.1) is 12.0 Å². The number of ether oxygens (including phenoxy) is 1. The minimum absolute atomic E-state index is 0.112. The van der Waals surface area contributed by atoms with Gasteiger partial charge in [-0.1, -0.05) is 0 Å². The van der Waals surface area contributed by atoms with E-state index in [1.165, 1.54) is 32.1 Å². The maximum absolute atomic E-state index is 12.6. The third kappa shape index (κ3) is 5.28. The van der Waals surface area contributed by atoms with Crippen LogP contribution < -0.4 is 10.1 Å². The normalized spacial score (nSPS) is 16.6. The first-order chi connectivity index (χ1) is 10.3. The van der Waals surface area contributed by atoms with Crippen LogP contribution in [0.2, 0.25) is 0 Å². The molecular formula is C15H20F3NO2S. The van der Waals surface area contributed by atoms with Gasteiger partial charge in [-0.05, 0) is 68.1 Å². The Balaban J connectivity index is 2.09. The molecule has 0 spiro atoms. The summed E-state index contributed by atoms with van der Waals surface area (Å²) in [5, 5.41) is 13.3. The number of aromatic hydroxyl groups is 1. The molecule has 22 heavy (non-hydrogen) atoms. The van der Waals surface area contributed by atoms with Gasteiger partial charge in [-0.15, -0.1) is 0 Å². The zero-order valence-electron chi connectivity index (χ0n) is 12.5. The van der Waals surface area contributed by atoms with Gasteiger partial charge < -0.3 is 15.2 Å². The van der Waals surface area contributed by atoms with Crippen LogP contribution in [0.5, 0.6) is 11.5 Å². The molecule has 1 saturated carbocycles. The van der Waals surface area contributed by atoms with Gasteiger partial charge in [0.15, 0.2) is 11.5 Å². The lowest BCUT2D eigenvalue weighted by molar-refractivity contribution is -0.0328. The average molecular weight is 335 g/mol. The van der Waals surface area contributed by atoms with Crippen LogP contribution in [0.15, 0.2) is 17.0 Å². The number of thioether (sulfide) groups is 1.